The van der Waals surface area contributed by atoms with E-state index in [9.17, 15) is 19.7 Å². The van der Waals surface area contributed by atoms with E-state index in [0.29, 0.717) is 29.1 Å². The largest absolute Gasteiger partial charge is 0.466 e. The summed E-state index contributed by atoms with van der Waals surface area (Å²) in [7, 11) is 3.31. The fourth-order valence-corrected chi connectivity index (χ4v) is 5.96. The SMILES string of the molecule is COC(=O)C1=C(C)NC(CC(=O)OC(C)(C)CN(C)CCC(c2ccccc2)c2ccccc2)=CC1c1cccc([N+](=O)[O-])c1. The summed E-state index contributed by atoms with van der Waals surface area (Å²) in [5, 5.41) is 14.5. The molecule has 0 saturated heterocycles. The molecule has 1 N–H and O–H groups in total. The maximum absolute atomic E-state index is 13.2. The number of nitro benzene ring substituents is 1. The van der Waals surface area contributed by atoms with Crippen LogP contribution in [0.25, 0.3) is 0 Å². The second kappa shape index (κ2) is 14.8. The maximum Gasteiger partial charge on any atom is 0.336 e. The van der Waals surface area contributed by atoms with Crippen LogP contribution in [0.3, 0.4) is 0 Å². The first-order valence-corrected chi connectivity index (χ1v) is 15.0. The van der Waals surface area contributed by atoms with Crippen molar-refractivity contribution in [3.05, 3.63) is 135 Å². The third-order valence-electron chi connectivity index (χ3n) is 7.86. The number of carbonyl (C=O) groups is 2. The van der Waals surface area contributed by atoms with Crippen molar-refractivity contribution in [2.75, 3.05) is 27.2 Å². The van der Waals surface area contributed by atoms with E-state index in [0.717, 1.165) is 13.0 Å². The predicted octanol–water partition coefficient (Wildman–Crippen LogP) is 6.48. The number of likely N-dealkylation sites (N-methyl/N-ethyl adjacent to an activating group) is 1. The number of methoxy groups -OCH3 is 1. The van der Waals surface area contributed by atoms with Gasteiger partial charge in [-0.25, -0.2) is 4.79 Å². The lowest BCUT2D eigenvalue weighted by Crippen LogP contribution is -2.41. The summed E-state index contributed by atoms with van der Waals surface area (Å²) in [5.41, 5.74) is 3.58. The van der Waals surface area contributed by atoms with Gasteiger partial charge < -0.3 is 19.7 Å². The van der Waals surface area contributed by atoms with E-state index in [4.69, 9.17) is 9.47 Å². The Hall–Kier alpha value is -4.76. The van der Waals surface area contributed by atoms with E-state index in [1.54, 1.807) is 25.1 Å². The minimum Gasteiger partial charge on any atom is -0.466 e. The zero-order valence-electron chi connectivity index (χ0n) is 26.5. The van der Waals surface area contributed by atoms with Gasteiger partial charge in [0.25, 0.3) is 5.69 Å². The van der Waals surface area contributed by atoms with E-state index in [1.807, 2.05) is 33.0 Å². The van der Waals surface area contributed by atoms with Crippen molar-refractivity contribution < 1.29 is 24.0 Å². The first kappa shape index (κ1) is 33.1. The summed E-state index contributed by atoms with van der Waals surface area (Å²) in [6.45, 7) is 6.83. The number of nitrogens with one attached hydrogen (secondary N) is 1. The molecule has 0 bridgehead atoms. The number of dihydropyridines is 1. The first-order valence-electron chi connectivity index (χ1n) is 15.0. The molecule has 3 aromatic carbocycles. The monoisotopic (exact) mass is 611 g/mol. The zero-order chi connectivity index (χ0) is 32.6. The molecule has 1 heterocycles. The lowest BCUT2D eigenvalue weighted by atomic mass is 9.86. The summed E-state index contributed by atoms with van der Waals surface area (Å²) in [6.07, 6.45) is 2.57. The van der Waals surface area contributed by atoms with Crippen molar-refractivity contribution in [3.63, 3.8) is 0 Å². The molecule has 3 aromatic rings. The average molecular weight is 612 g/mol. The van der Waals surface area contributed by atoms with Crippen LogP contribution < -0.4 is 5.32 Å². The third kappa shape index (κ3) is 8.89. The minimum absolute atomic E-state index is 0.0611. The maximum atomic E-state index is 13.2. The van der Waals surface area contributed by atoms with E-state index < -0.39 is 28.4 Å². The van der Waals surface area contributed by atoms with Gasteiger partial charge in [0.1, 0.15) is 5.60 Å². The number of rotatable bonds is 13. The number of non-ortho nitro benzene ring substituents is 1. The Kier molecular flexibility index (Phi) is 10.9. The molecule has 9 nitrogen and oxygen atoms in total. The van der Waals surface area contributed by atoms with Gasteiger partial charge in [0.2, 0.25) is 0 Å². The molecule has 45 heavy (non-hydrogen) atoms. The highest BCUT2D eigenvalue weighted by molar-refractivity contribution is 5.92. The summed E-state index contributed by atoms with van der Waals surface area (Å²) < 4.78 is 10.9. The molecular formula is C36H41N3O6. The first-order chi connectivity index (χ1) is 21.5. The number of hydrogen-bond donors (Lipinski definition) is 1. The molecule has 0 fully saturated rings. The van der Waals surface area contributed by atoms with Gasteiger partial charge in [0.05, 0.1) is 24.0 Å². The summed E-state index contributed by atoms with van der Waals surface area (Å²) >= 11 is 0. The molecule has 1 unspecified atom stereocenters. The second-order valence-corrected chi connectivity index (χ2v) is 12.0. The second-order valence-electron chi connectivity index (χ2n) is 12.0. The molecule has 4 rings (SSSR count). The quantitative estimate of drug-likeness (QED) is 0.133. The van der Waals surface area contributed by atoms with Gasteiger partial charge in [-0.3, -0.25) is 14.9 Å². The van der Waals surface area contributed by atoms with Gasteiger partial charge in [-0.1, -0.05) is 78.9 Å². The molecule has 1 atom stereocenters. The summed E-state index contributed by atoms with van der Waals surface area (Å²) in [5.74, 6) is -1.37. The molecule has 0 saturated carbocycles. The van der Waals surface area contributed by atoms with Crippen LogP contribution in [0.2, 0.25) is 0 Å². The molecule has 1 aliphatic rings. The number of allylic oxidation sites excluding steroid dienone is 2. The normalized spacial score (nSPS) is 15.0. The van der Waals surface area contributed by atoms with Gasteiger partial charge >= 0.3 is 11.9 Å². The number of esters is 2. The van der Waals surface area contributed by atoms with Crippen molar-refractivity contribution in [3.8, 4) is 0 Å². The van der Waals surface area contributed by atoms with Crippen LogP contribution in [0.5, 0.6) is 0 Å². The molecule has 236 valence electrons. The molecule has 0 amide bonds. The average Bonchev–Trinajstić information content (AvgIpc) is 3.01. The van der Waals surface area contributed by atoms with E-state index in [1.165, 1.54) is 30.4 Å². The lowest BCUT2D eigenvalue weighted by molar-refractivity contribution is -0.384. The van der Waals surface area contributed by atoms with Gasteiger partial charge in [0.15, 0.2) is 0 Å². The Morgan fingerprint density at radius 2 is 1.62 bits per heavy atom. The van der Waals surface area contributed by atoms with Gasteiger partial charge in [-0.2, -0.15) is 0 Å². The fraction of sp³-hybridized carbons (Fsp3) is 0.333. The van der Waals surface area contributed by atoms with Crippen molar-refractivity contribution in [2.24, 2.45) is 0 Å². The Morgan fingerprint density at radius 1 is 1.00 bits per heavy atom. The number of hydrogen-bond acceptors (Lipinski definition) is 8. The van der Waals surface area contributed by atoms with E-state index in [2.05, 4.69) is 58.7 Å². The smallest absolute Gasteiger partial charge is 0.336 e. The molecule has 0 aromatic heterocycles. The Labute approximate surface area is 264 Å². The molecule has 1 aliphatic heterocycles. The Balaban J connectivity index is 1.41. The van der Waals surface area contributed by atoms with Crippen LogP contribution in [0.15, 0.2) is 108 Å². The Morgan fingerprint density at radius 3 is 2.20 bits per heavy atom. The van der Waals surface area contributed by atoms with Crippen molar-refractivity contribution in [2.45, 2.75) is 51.0 Å². The molecule has 0 radical (unpaired) electrons. The Bertz CT molecular complexity index is 1530. The highest BCUT2D eigenvalue weighted by Gasteiger charge is 2.31. The minimum atomic E-state index is -0.766. The summed E-state index contributed by atoms with van der Waals surface area (Å²) in [4.78, 5) is 39.0. The number of carbonyl (C=O) groups excluding carboxylic acids is 2. The molecule has 0 spiro atoms. The number of nitrogens with zero attached hydrogens (tertiary/aromatic N) is 2. The highest BCUT2D eigenvalue weighted by Crippen LogP contribution is 2.35. The predicted molar refractivity (Wildman–Crippen MR) is 173 cm³/mol. The van der Waals surface area contributed by atoms with E-state index >= 15 is 0 Å². The number of ether oxygens (including phenoxy) is 2. The highest BCUT2D eigenvalue weighted by atomic mass is 16.6. The third-order valence-corrected chi connectivity index (χ3v) is 7.86. The van der Waals surface area contributed by atoms with Crippen molar-refractivity contribution >= 4 is 17.6 Å². The molecule has 9 heteroatoms. The van der Waals surface area contributed by atoms with Crippen molar-refractivity contribution in [1.29, 1.82) is 0 Å². The van der Waals surface area contributed by atoms with Crippen molar-refractivity contribution in [1.82, 2.24) is 10.2 Å². The van der Waals surface area contributed by atoms with Crippen LogP contribution in [0.4, 0.5) is 5.69 Å². The van der Waals surface area contributed by atoms with E-state index in [-0.39, 0.29) is 18.0 Å². The summed E-state index contributed by atoms with van der Waals surface area (Å²) in [6, 6.07) is 27.0. The van der Waals surface area contributed by atoms with Gasteiger partial charge in [-0.05, 0) is 57.5 Å². The molecular weight excluding hydrogens is 570 g/mol. The topological polar surface area (TPSA) is 111 Å². The zero-order valence-corrected chi connectivity index (χ0v) is 26.5. The van der Waals surface area contributed by atoms with Crippen LogP contribution in [0.1, 0.15) is 62.1 Å². The van der Waals surface area contributed by atoms with Gasteiger partial charge in [-0.15, -0.1) is 0 Å². The number of nitro groups is 1. The van der Waals surface area contributed by atoms with Crippen LogP contribution in [-0.4, -0.2) is 54.6 Å². The van der Waals surface area contributed by atoms with Crippen LogP contribution >= 0.6 is 0 Å². The van der Waals surface area contributed by atoms with Crippen LogP contribution in [-0.2, 0) is 19.1 Å². The standard InChI is InChI=1S/C36H41N3O6/c1-25-34(35(41)44-5)32(28-17-12-18-30(21-28)39(42)43)22-29(37-25)23-33(40)45-36(2,3)24-38(4)20-19-31(26-13-8-6-9-14-26)27-15-10-7-11-16-27/h6-18,21-22,31-32,37H,19-20,23-24H2,1-5H3. The number of benzene rings is 3. The van der Waals surface area contributed by atoms with Gasteiger partial charge in [0, 0.05) is 41.9 Å². The van der Waals surface area contributed by atoms with Crippen LogP contribution in [0, 0.1) is 10.1 Å². The molecule has 0 aliphatic carbocycles. The fourth-order valence-electron chi connectivity index (χ4n) is 5.96. The lowest BCUT2D eigenvalue weighted by Gasteiger charge is -2.32.